The summed E-state index contributed by atoms with van der Waals surface area (Å²) in [7, 11) is 2.04. The normalized spacial score (nSPS) is 14.9. The van der Waals surface area contributed by atoms with Gasteiger partial charge >= 0.3 is 0 Å². The molecule has 0 saturated carbocycles. The van der Waals surface area contributed by atoms with E-state index in [0.29, 0.717) is 35.1 Å². The molecule has 2 heterocycles. The molecule has 150 valence electrons. The van der Waals surface area contributed by atoms with E-state index in [1.807, 2.05) is 11.9 Å². The predicted octanol–water partition coefficient (Wildman–Crippen LogP) is 2.20. The summed E-state index contributed by atoms with van der Waals surface area (Å²) in [6.07, 6.45) is 3.12. The molecule has 1 aliphatic heterocycles. The van der Waals surface area contributed by atoms with Gasteiger partial charge in [-0.25, -0.2) is 4.39 Å². The lowest BCUT2D eigenvalue weighted by Crippen LogP contribution is -2.48. The molecule has 0 radical (unpaired) electrons. The lowest BCUT2D eigenvalue weighted by molar-refractivity contribution is -0.133. The van der Waals surface area contributed by atoms with E-state index in [2.05, 4.69) is 15.3 Å². The first-order valence-electron chi connectivity index (χ1n) is 9.48. The van der Waals surface area contributed by atoms with Crippen molar-refractivity contribution in [1.82, 2.24) is 19.6 Å². The number of carbonyl (C=O) groups is 2. The van der Waals surface area contributed by atoms with Gasteiger partial charge in [-0.2, -0.15) is 5.10 Å². The number of amides is 2. The Morgan fingerprint density at radius 2 is 1.79 bits per heavy atom. The van der Waals surface area contributed by atoms with Crippen LogP contribution in [0.3, 0.4) is 0 Å². The van der Waals surface area contributed by atoms with Crippen molar-refractivity contribution in [2.24, 2.45) is 0 Å². The van der Waals surface area contributed by atoms with Gasteiger partial charge in [0.2, 0.25) is 5.91 Å². The second kappa shape index (κ2) is 8.00. The number of aromatic nitrogens is 2. The molecular formula is C21H22FN5O2. The lowest BCUT2D eigenvalue weighted by atomic mass is 10.0. The van der Waals surface area contributed by atoms with Gasteiger partial charge in [-0.1, -0.05) is 24.3 Å². The molecule has 29 heavy (non-hydrogen) atoms. The number of anilines is 1. The van der Waals surface area contributed by atoms with Crippen LogP contribution in [0.2, 0.25) is 0 Å². The summed E-state index contributed by atoms with van der Waals surface area (Å²) in [6, 6.07) is 9.60. The molecule has 0 unspecified atom stereocenters. The van der Waals surface area contributed by atoms with Crippen molar-refractivity contribution in [3.63, 3.8) is 0 Å². The van der Waals surface area contributed by atoms with E-state index in [4.69, 9.17) is 0 Å². The summed E-state index contributed by atoms with van der Waals surface area (Å²) in [5, 5.41) is 7.89. The maximum Gasteiger partial charge on any atom is 0.256 e. The van der Waals surface area contributed by atoms with E-state index < -0.39 is 0 Å². The number of hydrogen-bond acceptors (Lipinski definition) is 4. The number of benzene rings is 2. The maximum absolute atomic E-state index is 14.0. The second-order valence-electron chi connectivity index (χ2n) is 7.21. The highest BCUT2D eigenvalue weighted by atomic mass is 19.1. The maximum atomic E-state index is 14.0. The Kier molecular flexibility index (Phi) is 5.26. The fraction of sp³-hybridized carbons (Fsp3) is 0.286. The van der Waals surface area contributed by atoms with E-state index >= 15 is 0 Å². The lowest BCUT2D eigenvalue weighted by Gasteiger charge is -2.32. The molecule has 2 aromatic carbocycles. The Morgan fingerprint density at radius 3 is 2.55 bits per heavy atom. The number of nitrogens with one attached hydrogen (secondary N) is 1. The summed E-state index contributed by atoms with van der Waals surface area (Å²) < 4.78 is 15.5. The van der Waals surface area contributed by atoms with Crippen LogP contribution >= 0.6 is 0 Å². The van der Waals surface area contributed by atoms with Gasteiger partial charge in [0.1, 0.15) is 12.4 Å². The van der Waals surface area contributed by atoms with Crippen molar-refractivity contribution >= 4 is 28.3 Å². The molecule has 7 nitrogen and oxygen atoms in total. The SMILES string of the molecule is CN1CCN(C(=O)Cn2cc(NC(=O)c3ccc(F)c4ccccc34)cn2)CC1. The standard InChI is InChI=1S/C21H22FN5O2/c1-25-8-10-26(11-9-25)20(28)14-27-13-15(12-23-27)24-21(29)18-6-7-19(22)17-5-3-2-4-16(17)18/h2-7,12-13H,8-11,14H2,1H3,(H,24,29). The van der Waals surface area contributed by atoms with Crippen molar-refractivity contribution < 1.29 is 14.0 Å². The van der Waals surface area contributed by atoms with Crippen molar-refractivity contribution in [2.45, 2.75) is 6.54 Å². The summed E-state index contributed by atoms with van der Waals surface area (Å²) in [6.45, 7) is 3.25. The van der Waals surface area contributed by atoms with E-state index in [1.165, 1.54) is 23.0 Å². The van der Waals surface area contributed by atoms with Crippen molar-refractivity contribution in [3.05, 3.63) is 60.2 Å². The molecule has 4 rings (SSSR count). The first kappa shape index (κ1) is 19.1. The number of fused-ring (bicyclic) bond motifs is 1. The Labute approximate surface area is 167 Å². The van der Waals surface area contributed by atoms with Crippen molar-refractivity contribution in [2.75, 3.05) is 38.5 Å². The number of nitrogens with zero attached hydrogens (tertiary/aromatic N) is 4. The first-order chi connectivity index (χ1) is 14.0. The number of hydrogen-bond donors (Lipinski definition) is 1. The second-order valence-corrected chi connectivity index (χ2v) is 7.21. The van der Waals surface area contributed by atoms with Gasteiger partial charge in [0, 0.05) is 43.3 Å². The van der Waals surface area contributed by atoms with Crippen LogP contribution in [0.5, 0.6) is 0 Å². The van der Waals surface area contributed by atoms with Gasteiger partial charge < -0.3 is 15.1 Å². The topological polar surface area (TPSA) is 70.5 Å². The van der Waals surface area contributed by atoms with Crippen LogP contribution in [0.1, 0.15) is 10.4 Å². The number of piperazine rings is 1. The average molecular weight is 395 g/mol. The van der Waals surface area contributed by atoms with Gasteiger partial charge in [0.05, 0.1) is 11.9 Å². The van der Waals surface area contributed by atoms with Crippen LogP contribution in [0.25, 0.3) is 10.8 Å². The van der Waals surface area contributed by atoms with Crippen LogP contribution in [0.15, 0.2) is 48.8 Å². The third kappa shape index (κ3) is 4.12. The molecule has 0 aliphatic carbocycles. The van der Waals surface area contributed by atoms with Crippen LogP contribution in [-0.4, -0.2) is 64.6 Å². The fourth-order valence-corrected chi connectivity index (χ4v) is 3.47. The van der Waals surface area contributed by atoms with Crippen LogP contribution in [0, 0.1) is 5.82 Å². The largest absolute Gasteiger partial charge is 0.339 e. The fourth-order valence-electron chi connectivity index (χ4n) is 3.47. The molecule has 2 amide bonds. The van der Waals surface area contributed by atoms with Crippen molar-refractivity contribution in [3.8, 4) is 0 Å². The van der Waals surface area contributed by atoms with Crippen LogP contribution in [0.4, 0.5) is 10.1 Å². The zero-order valence-corrected chi connectivity index (χ0v) is 16.1. The molecule has 1 aromatic heterocycles. The molecule has 3 aromatic rings. The zero-order chi connectivity index (χ0) is 20.4. The molecule has 1 aliphatic rings. The van der Waals surface area contributed by atoms with Gasteiger partial charge in [-0.3, -0.25) is 14.3 Å². The third-order valence-corrected chi connectivity index (χ3v) is 5.16. The monoisotopic (exact) mass is 395 g/mol. The minimum atomic E-state index is -0.368. The van der Waals surface area contributed by atoms with Crippen LogP contribution < -0.4 is 5.32 Å². The Bertz CT molecular complexity index is 1060. The molecular weight excluding hydrogens is 373 g/mol. The Hall–Kier alpha value is -3.26. The third-order valence-electron chi connectivity index (χ3n) is 5.16. The smallest absolute Gasteiger partial charge is 0.256 e. The summed E-state index contributed by atoms with van der Waals surface area (Å²) in [5.74, 6) is -0.720. The van der Waals surface area contributed by atoms with Crippen LogP contribution in [-0.2, 0) is 11.3 Å². The van der Waals surface area contributed by atoms with Gasteiger partial charge in [-0.15, -0.1) is 0 Å². The summed E-state index contributed by atoms with van der Waals surface area (Å²) in [5.41, 5.74) is 0.859. The van der Waals surface area contributed by atoms with Gasteiger partial charge in [-0.05, 0) is 24.6 Å². The van der Waals surface area contributed by atoms with E-state index in [9.17, 15) is 14.0 Å². The minimum absolute atomic E-state index is 0.00334. The van der Waals surface area contributed by atoms with E-state index in [0.717, 1.165) is 13.1 Å². The summed E-state index contributed by atoms with van der Waals surface area (Å²) in [4.78, 5) is 29.1. The molecule has 0 atom stereocenters. The number of halogens is 1. The number of rotatable bonds is 4. The highest BCUT2D eigenvalue weighted by molar-refractivity contribution is 6.12. The highest BCUT2D eigenvalue weighted by Gasteiger charge is 2.20. The molecule has 1 fully saturated rings. The Morgan fingerprint density at radius 1 is 1.07 bits per heavy atom. The average Bonchev–Trinajstić information content (AvgIpc) is 3.15. The van der Waals surface area contributed by atoms with Gasteiger partial charge in [0.25, 0.3) is 5.91 Å². The quantitative estimate of drug-likeness (QED) is 0.735. The Balaban J connectivity index is 1.44. The summed E-state index contributed by atoms with van der Waals surface area (Å²) >= 11 is 0. The number of likely N-dealkylation sites (N-methyl/N-ethyl adjacent to an activating group) is 1. The van der Waals surface area contributed by atoms with Crippen molar-refractivity contribution in [1.29, 1.82) is 0 Å². The van der Waals surface area contributed by atoms with E-state index in [-0.39, 0.29) is 24.2 Å². The molecule has 0 bridgehead atoms. The molecule has 8 heteroatoms. The zero-order valence-electron chi connectivity index (χ0n) is 16.1. The molecule has 1 saturated heterocycles. The predicted molar refractivity (Wildman–Crippen MR) is 108 cm³/mol. The van der Waals surface area contributed by atoms with E-state index in [1.54, 1.807) is 30.5 Å². The highest BCUT2D eigenvalue weighted by Crippen LogP contribution is 2.22. The molecule has 1 N–H and O–H groups in total. The number of carbonyl (C=O) groups excluding carboxylic acids is 2. The first-order valence-corrected chi connectivity index (χ1v) is 9.48. The molecule has 0 spiro atoms. The minimum Gasteiger partial charge on any atom is -0.339 e. The van der Waals surface area contributed by atoms with Gasteiger partial charge in [0.15, 0.2) is 0 Å².